The first-order chi connectivity index (χ1) is 9.41. The average molecular weight is 296 g/mol. The zero-order valence-electron chi connectivity index (χ0n) is 11.6. The molecule has 1 amide bonds. The zero-order valence-corrected chi connectivity index (χ0v) is 12.4. The number of carboxylic acid groups (broad SMARTS) is 1. The first-order valence-electron chi connectivity index (χ1n) is 6.70. The largest absolute Gasteiger partial charge is 0.480 e. The van der Waals surface area contributed by atoms with E-state index in [1.807, 2.05) is 6.92 Å². The summed E-state index contributed by atoms with van der Waals surface area (Å²) in [7, 11) is 0. The van der Waals surface area contributed by atoms with Gasteiger partial charge in [-0.15, -0.1) is 0 Å². The number of piperidine rings is 1. The summed E-state index contributed by atoms with van der Waals surface area (Å²) < 4.78 is 0. The van der Waals surface area contributed by atoms with E-state index in [1.54, 1.807) is 25.1 Å². The summed E-state index contributed by atoms with van der Waals surface area (Å²) in [6, 6.07) is 4.39. The molecule has 4 nitrogen and oxygen atoms in total. The van der Waals surface area contributed by atoms with Crippen molar-refractivity contribution in [2.45, 2.75) is 32.7 Å². The maximum Gasteiger partial charge on any atom is 0.326 e. The Labute approximate surface area is 123 Å². The van der Waals surface area contributed by atoms with Crippen molar-refractivity contribution in [3.8, 4) is 0 Å². The van der Waals surface area contributed by atoms with Crippen LogP contribution in [0.3, 0.4) is 0 Å². The van der Waals surface area contributed by atoms with E-state index in [9.17, 15) is 14.7 Å². The van der Waals surface area contributed by atoms with E-state index in [1.165, 1.54) is 4.90 Å². The maximum atomic E-state index is 12.6. The number of halogens is 1. The molecule has 1 aliphatic heterocycles. The summed E-state index contributed by atoms with van der Waals surface area (Å²) >= 11 is 6.03. The van der Waals surface area contributed by atoms with Crippen molar-refractivity contribution in [1.82, 2.24) is 4.90 Å². The van der Waals surface area contributed by atoms with Gasteiger partial charge in [-0.3, -0.25) is 4.79 Å². The molecule has 1 N–H and O–H groups in total. The second kappa shape index (κ2) is 5.83. The lowest BCUT2D eigenvalue weighted by molar-refractivity contribution is -0.144. The van der Waals surface area contributed by atoms with Gasteiger partial charge in [0.2, 0.25) is 0 Å². The third-order valence-electron chi connectivity index (χ3n) is 3.91. The molecule has 5 heteroatoms. The smallest absolute Gasteiger partial charge is 0.326 e. The molecule has 1 aliphatic rings. The van der Waals surface area contributed by atoms with E-state index < -0.39 is 12.0 Å². The highest BCUT2D eigenvalue weighted by Gasteiger charge is 2.35. The molecular formula is C15H18ClNO3. The number of likely N-dealkylation sites (tertiary alicyclic amines) is 1. The van der Waals surface area contributed by atoms with Gasteiger partial charge in [0.25, 0.3) is 5.91 Å². The predicted octanol–water partition coefficient (Wildman–Crippen LogP) is 2.97. The van der Waals surface area contributed by atoms with Gasteiger partial charge in [0.15, 0.2) is 0 Å². The second-order valence-corrected chi connectivity index (χ2v) is 5.80. The minimum absolute atomic E-state index is 0.246. The first kappa shape index (κ1) is 14.9. The van der Waals surface area contributed by atoms with Gasteiger partial charge in [-0.25, -0.2) is 4.79 Å². The van der Waals surface area contributed by atoms with E-state index >= 15 is 0 Å². The fourth-order valence-electron chi connectivity index (χ4n) is 2.61. The van der Waals surface area contributed by atoms with Crippen molar-refractivity contribution >= 4 is 23.5 Å². The van der Waals surface area contributed by atoms with Gasteiger partial charge in [0.05, 0.1) is 0 Å². The fourth-order valence-corrected chi connectivity index (χ4v) is 2.79. The van der Waals surface area contributed by atoms with Gasteiger partial charge in [-0.2, -0.15) is 0 Å². The first-order valence-corrected chi connectivity index (χ1v) is 7.08. The molecular weight excluding hydrogens is 278 g/mol. The van der Waals surface area contributed by atoms with Gasteiger partial charge >= 0.3 is 5.97 Å². The average Bonchev–Trinajstić information content (AvgIpc) is 2.41. The van der Waals surface area contributed by atoms with Gasteiger partial charge in [0, 0.05) is 17.1 Å². The SMILES string of the molecule is Cc1c(Cl)cccc1C(=O)N1CCC(C)CC1C(=O)O. The van der Waals surface area contributed by atoms with E-state index in [4.69, 9.17) is 11.6 Å². The molecule has 0 radical (unpaired) electrons. The number of carbonyl (C=O) groups excluding carboxylic acids is 1. The molecule has 2 unspecified atom stereocenters. The summed E-state index contributed by atoms with van der Waals surface area (Å²) in [5.41, 5.74) is 1.18. The minimum Gasteiger partial charge on any atom is -0.480 e. The molecule has 1 heterocycles. The molecule has 0 spiro atoms. The molecule has 1 aromatic carbocycles. The minimum atomic E-state index is -0.940. The van der Waals surface area contributed by atoms with E-state index in [0.29, 0.717) is 35.0 Å². The molecule has 1 aromatic rings. The van der Waals surface area contributed by atoms with Crippen LogP contribution in [0.25, 0.3) is 0 Å². The number of rotatable bonds is 2. The summed E-state index contributed by atoms with van der Waals surface area (Å²) in [4.78, 5) is 25.4. The number of amides is 1. The van der Waals surface area contributed by atoms with Crippen molar-refractivity contribution < 1.29 is 14.7 Å². The molecule has 2 rings (SSSR count). The van der Waals surface area contributed by atoms with Crippen molar-refractivity contribution in [2.24, 2.45) is 5.92 Å². The molecule has 20 heavy (non-hydrogen) atoms. The van der Waals surface area contributed by atoms with Gasteiger partial charge in [-0.05, 0) is 43.4 Å². The molecule has 1 saturated heterocycles. The van der Waals surface area contributed by atoms with Crippen LogP contribution >= 0.6 is 11.6 Å². The number of carboxylic acids is 1. The molecule has 2 atom stereocenters. The Morgan fingerprint density at radius 3 is 2.75 bits per heavy atom. The van der Waals surface area contributed by atoms with Crippen LogP contribution in [-0.2, 0) is 4.79 Å². The second-order valence-electron chi connectivity index (χ2n) is 5.39. The fraction of sp³-hybridized carbons (Fsp3) is 0.467. The summed E-state index contributed by atoms with van der Waals surface area (Å²) in [5, 5.41) is 9.85. The Kier molecular flexibility index (Phi) is 4.33. The quantitative estimate of drug-likeness (QED) is 0.912. The Bertz CT molecular complexity index is 544. The summed E-state index contributed by atoms with van der Waals surface area (Å²) in [5.74, 6) is -0.866. The zero-order chi connectivity index (χ0) is 14.9. The van der Waals surface area contributed by atoms with Crippen molar-refractivity contribution in [1.29, 1.82) is 0 Å². The van der Waals surface area contributed by atoms with Crippen LogP contribution in [0.1, 0.15) is 35.7 Å². The summed E-state index contributed by atoms with van der Waals surface area (Å²) in [6.45, 7) is 4.27. The lowest BCUT2D eigenvalue weighted by Gasteiger charge is -2.36. The molecule has 0 aromatic heterocycles. The van der Waals surface area contributed by atoms with E-state index in [-0.39, 0.29) is 5.91 Å². The predicted molar refractivity (Wildman–Crippen MR) is 77.0 cm³/mol. The third kappa shape index (κ3) is 2.80. The number of hydrogen-bond acceptors (Lipinski definition) is 2. The Morgan fingerprint density at radius 1 is 1.40 bits per heavy atom. The Balaban J connectivity index is 2.31. The van der Waals surface area contributed by atoms with Crippen LogP contribution in [0.5, 0.6) is 0 Å². The Hall–Kier alpha value is -1.55. The standard InChI is InChI=1S/C15H18ClNO3/c1-9-6-7-17(13(8-9)15(19)20)14(18)11-4-3-5-12(16)10(11)2/h3-5,9,13H,6-8H2,1-2H3,(H,19,20). The highest BCUT2D eigenvalue weighted by Crippen LogP contribution is 2.26. The number of carbonyl (C=O) groups is 2. The van der Waals surface area contributed by atoms with Gasteiger partial charge in [-0.1, -0.05) is 24.6 Å². The number of hydrogen-bond donors (Lipinski definition) is 1. The maximum absolute atomic E-state index is 12.6. The van der Waals surface area contributed by atoms with Crippen molar-refractivity contribution in [2.75, 3.05) is 6.54 Å². The van der Waals surface area contributed by atoms with Gasteiger partial charge < -0.3 is 10.0 Å². The number of nitrogens with zero attached hydrogens (tertiary/aromatic N) is 1. The molecule has 1 fully saturated rings. The van der Waals surface area contributed by atoms with Crippen molar-refractivity contribution in [3.63, 3.8) is 0 Å². The number of aliphatic carboxylic acids is 1. The molecule has 0 saturated carbocycles. The third-order valence-corrected chi connectivity index (χ3v) is 4.32. The van der Waals surface area contributed by atoms with Gasteiger partial charge in [0.1, 0.15) is 6.04 Å². The van der Waals surface area contributed by atoms with Crippen LogP contribution in [0.15, 0.2) is 18.2 Å². The normalized spacial score (nSPS) is 22.6. The highest BCUT2D eigenvalue weighted by molar-refractivity contribution is 6.31. The molecule has 0 aliphatic carbocycles. The topological polar surface area (TPSA) is 57.6 Å². The highest BCUT2D eigenvalue weighted by atomic mass is 35.5. The van der Waals surface area contributed by atoms with Crippen LogP contribution in [0, 0.1) is 12.8 Å². The molecule has 0 bridgehead atoms. The van der Waals surface area contributed by atoms with Crippen LogP contribution in [0.4, 0.5) is 0 Å². The Morgan fingerprint density at radius 2 is 2.10 bits per heavy atom. The van der Waals surface area contributed by atoms with Crippen LogP contribution in [-0.4, -0.2) is 34.5 Å². The van der Waals surface area contributed by atoms with Crippen LogP contribution < -0.4 is 0 Å². The molecule has 108 valence electrons. The lowest BCUT2D eigenvalue weighted by Crippen LogP contribution is -2.49. The summed E-state index contributed by atoms with van der Waals surface area (Å²) in [6.07, 6.45) is 1.33. The van der Waals surface area contributed by atoms with E-state index in [0.717, 1.165) is 6.42 Å². The van der Waals surface area contributed by atoms with Crippen molar-refractivity contribution in [3.05, 3.63) is 34.3 Å². The van der Waals surface area contributed by atoms with Crippen LogP contribution in [0.2, 0.25) is 5.02 Å². The number of benzene rings is 1. The van der Waals surface area contributed by atoms with E-state index in [2.05, 4.69) is 0 Å². The monoisotopic (exact) mass is 295 g/mol. The lowest BCUT2D eigenvalue weighted by atomic mass is 9.91.